The van der Waals surface area contributed by atoms with E-state index in [0.717, 1.165) is 54.6 Å². The van der Waals surface area contributed by atoms with Crippen molar-refractivity contribution in [1.29, 1.82) is 2.86 Å². The standard InChI is InChI=1S/C32H21BN2O4/c36-27-13-11-21(24-7-3-15-34-31(24)27)29-19-5-1-2-6-20(19)30(26-17-18(33(38)39)9-10-23(26)29)22-12-14-28(37)32-25(22)8-4-16-35-32/h1-17,36-39H/i/hT2. The normalized spacial score (nSPS) is 12.1. The van der Waals surface area contributed by atoms with E-state index in [-0.39, 0.29) is 0 Å². The maximum Gasteiger partial charge on any atom is 0.488 e. The molecule has 0 saturated carbocycles. The first kappa shape index (κ1) is 21.0. The molecule has 0 fully saturated rings. The number of hydrogen-bond donors (Lipinski definition) is 4. The summed E-state index contributed by atoms with van der Waals surface area (Å²) < 4.78 is 15.1. The zero-order chi connectivity index (χ0) is 28.1. The number of fused-ring (bicyclic) bond motifs is 4. The number of hydrogen-bond acceptors (Lipinski definition) is 6. The van der Waals surface area contributed by atoms with E-state index in [4.69, 9.17) is 13.1 Å². The summed E-state index contributed by atoms with van der Waals surface area (Å²) >= 11 is 0. The molecule has 0 spiro atoms. The number of rotatable bonds is 5. The number of phenols is 2. The molecular formula is C32H21BN2O4. The minimum absolute atomic E-state index is 0.344. The van der Waals surface area contributed by atoms with Gasteiger partial charge in [0, 0.05) is 23.2 Å². The summed E-state index contributed by atoms with van der Waals surface area (Å²) in [4.78, 5) is 9.01. The van der Waals surface area contributed by atoms with E-state index in [1.54, 1.807) is 30.6 Å². The van der Waals surface area contributed by atoms with Crippen LogP contribution in [0.25, 0.3) is 65.6 Å². The summed E-state index contributed by atoms with van der Waals surface area (Å²) in [6.07, 6.45) is 3.34. The zero-order valence-corrected chi connectivity index (χ0v) is 20.5. The van der Waals surface area contributed by atoms with Gasteiger partial charge in [0.05, 0.1) is 0 Å². The second kappa shape index (κ2) is 8.80. The lowest BCUT2D eigenvalue weighted by Gasteiger charge is -2.20. The van der Waals surface area contributed by atoms with Crippen LogP contribution in [0.1, 0.15) is 0 Å². The van der Waals surface area contributed by atoms with E-state index in [1.165, 1.54) is 0 Å². The number of nitrogens with zero attached hydrogens (tertiary/aromatic N) is 2. The Morgan fingerprint density at radius 3 is 1.59 bits per heavy atom. The van der Waals surface area contributed by atoms with Crippen LogP contribution in [0.3, 0.4) is 0 Å². The molecule has 7 heteroatoms. The van der Waals surface area contributed by atoms with Gasteiger partial charge in [-0.25, -0.2) is 0 Å². The highest BCUT2D eigenvalue weighted by Gasteiger charge is 2.22. The van der Waals surface area contributed by atoms with Crippen molar-refractivity contribution < 1.29 is 20.3 Å². The van der Waals surface area contributed by atoms with Crippen LogP contribution in [0.4, 0.5) is 0 Å². The molecule has 7 rings (SSSR count). The van der Waals surface area contributed by atoms with Crippen molar-refractivity contribution in [3.63, 3.8) is 0 Å². The second-order valence-corrected chi connectivity index (χ2v) is 9.50. The van der Waals surface area contributed by atoms with Gasteiger partial charge in [0.15, 0.2) is 0 Å². The number of benzene rings is 5. The topological polar surface area (TPSA) is 107 Å². The fourth-order valence-electron chi connectivity index (χ4n) is 5.67. The molecule has 0 aliphatic carbocycles. The first-order chi connectivity index (χ1) is 20.1. The summed E-state index contributed by atoms with van der Waals surface area (Å²) in [5.74, 6) is 0.702. The molecule has 6 nitrogen and oxygen atoms in total. The minimum Gasteiger partial charge on any atom is -0.506 e. The summed E-state index contributed by atoms with van der Waals surface area (Å²) in [5.41, 5.74) is 5.11. The molecule has 0 radical (unpaired) electrons. The van der Waals surface area contributed by atoms with Crippen molar-refractivity contribution in [2.45, 2.75) is 0 Å². The van der Waals surface area contributed by atoms with Crippen molar-refractivity contribution in [2.75, 3.05) is 0 Å². The summed E-state index contributed by atoms with van der Waals surface area (Å²) in [6, 6.07) is 28.4. The zero-order valence-electron chi connectivity index (χ0n) is 22.5. The maximum atomic E-state index is 10.2. The van der Waals surface area contributed by atoms with Gasteiger partial charge in [0.1, 0.15) is 22.5 Å². The van der Waals surface area contributed by atoms with E-state index in [0.29, 0.717) is 28.0 Å². The van der Waals surface area contributed by atoms with Gasteiger partial charge in [-0.15, -0.1) is 0 Å². The SMILES string of the molecule is [3H]Oc1ccc(-c2c3ccccc3c(-c3ccc(O[3H])c4ncccc34)c3cc(B(O)O)ccc23)c2cccnc12. The average molecular weight is 512 g/mol. The Balaban J connectivity index is 1.69. The summed E-state index contributed by atoms with van der Waals surface area (Å²) in [5, 5.41) is 35.3. The summed E-state index contributed by atoms with van der Waals surface area (Å²) in [6.45, 7) is 0. The largest absolute Gasteiger partial charge is 0.506 e. The quantitative estimate of drug-likeness (QED) is 0.179. The molecule has 4 N–H and O–H groups in total. The van der Waals surface area contributed by atoms with Crippen LogP contribution in [0.5, 0.6) is 11.5 Å². The third-order valence-electron chi connectivity index (χ3n) is 7.35. The molecule has 186 valence electrons. The lowest BCUT2D eigenvalue weighted by molar-refractivity contribution is 0.426. The van der Waals surface area contributed by atoms with Gasteiger partial charge in [0.2, 0.25) is 0 Å². The van der Waals surface area contributed by atoms with Crippen LogP contribution in [0, 0.1) is 0 Å². The van der Waals surface area contributed by atoms with E-state index in [9.17, 15) is 10.0 Å². The Kier molecular flexibility index (Phi) is 4.74. The molecule has 0 amide bonds. The van der Waals surface area contributed by atoms with E-state index in [1.807, 2.05) is 60.7 Å². The van der Waals surface area contributed by atoms with E-state index in [2.05, 4.69) is 22.1 Å². The van der Waals surface area contributed by atoms with Crippen molar-refractivity contribution in [1.82, 2.24) is 9.97 Å². The van der Waals surface area contributed by atoms with Crippen LogP contribution in [-0.4, -0.2) is 40.2 Å². The van der Waals surface area contributed by atoms with Crippen LogP contribution in [0.15, 0.2) is 103 Å². The highest BCUT2D eigenvalue weighted by atomic mass is 16.4. The lowest BCUT2D eigenvalue weighted by Crippen LogP contribution is -2.29. The predicted octanol–water partition coefficient (Wildman–Crippen LogP) is 5.51. The van der Waals surface area contributed by atoms with Gasteiger partial charge in [-0.3, -0.25) is 9.97 Å². The first-order valence-electron chi connectivity index (χ1n) is 13.3. The molecule has 0 unspecified atom stereocenters. The monoisotopic (exact) mass is 512 g/mol. The van der Waals surface area contributed by atoms with Gasteiger partial charge >= 0.3 is 7.12 Å². The molecule has 0 aliphatic heterocycles. The number of aromatic nitrogens is 2. The van der Waals surface area contributed by atoms with Crippen molar-refractivity contribution in [3.05, 3.63) is 103 Å². The Bertz CT molecular complexity index is 2140. The minimum atomic E-state index is -1.65. The van der Waals surface area contributed by atoms with E-state index >= 15 is 0 Å². The Labute approximate surface area is 226 Å². The number of aromatic hydroxyl groups is 2. The van der Waals surface area contributed by atoms with E-state index < -0.39 is 7.12 Å². The maximum absolute atomic E-state index is 10.2. The van der Waals surface area contributed by atoms with Gasteiger partial charge < -0.3 is 20.3 Å². The number of pyridine rings is 2. The van der Waals surface area contributed by atoms with Gasteiger partial charge in [-0.2, -0.15) is 0 Å². The second-order valence-electron chi connectivity index (χ2n) is 9.50. The Morgan fingerprint density at radius 2 is 1.05 bits per heavy atom. The fraction of sp³-hybridized carbons (Fsp3) is 0. The third kappa shape index (κ3) is 3.52. The molecule has 5 aromatic carbocycles. The van der Waals surface area contributed by atoms with Crippen LogP contribution >= 0.6 is 0 Å². The highest BCUT2D eigenvalue weighted by Crippen LogP contribution is 2.47. The van der Waals surface area contributed by atoms with Crippen LogP contribution in [-0.2, 0) is 0 Å². The molecule has 7 aromatic rings. The molecular weight excluding hydrogens is 487 g/mol. The van der Waals surface area contributed by atoms with Crippen molar-refractivity contribution in [2.24, 2.45) is 0 Å². The Hall–Kier alpha value is -4.98. The number of phenolic OH excluding ortho intramolecular Hbond substituents is 2. The predicted molar refractivity (Wildman–Crippen MR) is 156 cm³/mol. The average Bonchev–Trinajstić information content (AvgIpc) is 3.02. The molecule has 2 heterocycles. The summed E-state index contributed by atoms with van der Waals surface area (Å²) in [7, 11) is -1.65. The third-order valence-corrected chi connectivity index (χ3v) is 7.35. The van der Waals surface area contributed by atoms with Crippen LogP contribution in [0.2, 0.25) is 0 Å². The molecule has 0 bridgehead atoms. The molecule has 39 heavy (non-hydrogen) atoms. The smallest absolute Gasteiger partial charge is 0.488 e. The highest BCUT2D eigenvalue weighted by molar-refractivity contribution is 6.59. The van der Waals surface area contributed by atoms with Gasteiger partial charge in [-0.1, -0.05) is 54.6 Å². The van der Waals surface area contributed by atoms with Gasteiger partial charge in [-0.05, 0) is 85.7 Å². The van der Waals surface area contributed by atoms with Crippen LogP contribution < -0.4 is 5.46 Å². The van der Waals surface area contributed by atoms with Gasteiger partial charge in [0.25, 0.3) is 2.86 Å². The Morgan fingerprint density at radius 1 is 0.538 bits per heavy atom. The molecule has 2 aromatic heterocycles. The fourth-order valence-corrected chi connectivity index (χ4v) is 5.67. The van der Waals surface area contributed by atoms with Crippen molar-refractivity contribution in [3.8, 4) is 33.8 Å². The van der Waals surface area contributed by atoms with Crippen molar-refractivity contribution >= 4 is 55.9 Å². The molecule has 0 aliphatic rings. The molecule has 0 atom stereocenters. The lowest BCUT2D eigenvalue weighted by atomic mass is 9.76. The first-order valence-corrected chi connectivity index (χ1v) is 12.5. The molecule has 0 saturated heterocycles.